The van der Waals surface area contributed by atoms with E-state index < -0.39 is 15.9 Å². The van der Waals surface area contributed by atoms with Gasteiger partial charge >= 0.3 is 0 Å². The Bertz CT molecular complexity index is 1810. The first-order chi connectivity index (χ1) is 20.2. The van der Waals surface area contributed by atoms with Gasteiger partial charge in [-0.2, -0.15) is 0 Å². The maximum Gasteiger partial charge on any atom is 0.149 e. The normalized spacial score (nSPS) is 12.4. The Morgan fingerprint density at radius 2 is 1.90 bits per heavy atom. The standard InChI is InChI=1S/C31H30ClFN4O4S/c1-3-13-34-27(18-42(2,38)39)30-12-11-28(41-30)21-7-9-26-24(15-21)31(36-19-35-26)37-23-8-10-29(25(32)16-23)40-17-20-5-4-6-22(33)14-20/h4-12,14-16,19,27,34H,3,13,17-18H2,1-2H3,(H,35,36,37)/t27-/m1/s1. The van der Waals surface area contributed by atoms with E-state index in [-0.39, 0.29) is 18.2 Å². The van der Waals surface area contributed by atoms with Gasteiger partial charge in [0.25, 0.3) is 0 Å². The van der Waals surface area contributed by atoms with Crippen LogP contribution in [0, 0.1) is 5.82 Å². The Labute approximate surface area is 248 Å². The van der Waals surface area contributed by atoms with E-state index >= 15 is 0 Å². The SMILES string of the molecule is CCCN[C@H](CS(C)(=O)=O)c1ccc(-c2ccc3ncnc(Nc4ccc(OCc5cccc(F)c5)c(Cl)c4)c3c2)o1. The summed E-state index contributed by atoms with van der Waals surface area (Å²) in [6, 6.07) is 20.4. The number of halogens is 2. The summed E-state index contributed by atoms with van der Waals surface area (Å²) >= 11 is 6.49. The highest BCUT2D eigenvalue weighted by Crippen LogP contribution is 2.33. The monoisotopic (exact) mass is 608 g/mol. The lowest BCUT2D eigenvalue weighted by Gasteiger charge is -2.15. The fourth-order valence-electron chi connectivity index (χ4n) is 4.49. The summed E-state index contributed by atoms with van der Waals surface area (Å²) < 4.78 is 49.4. The third kappa shape index (κ3) is 7.44. The van der Waals surface area contributed by atoms with E-state index in [2.05, 4.69) is 20.6 Å². The van der Waals surface area contributed by atoms with Crippen LogP contribution in [0.5, 0.6) is 5.75 Å². The summed E-state index contributed by atoms with van der Waals surface area (Å²) in [5, 5.41) is 7.71. The minimum atomic E-state index is -3.22. The molecule has 0 spiro atoms. The van der Waals surface area contributed by atoms with Crippen molar-refractivity contribution in [3.8, 4) is 17.1 Å². The molecule has 2 N–H and O–H groups in total. The quantitative estimate of drug-likeness (QED) is 0.155. The highest BCUT2D eigenvalue weighted by atomic mass is 35.5. The molecule has 218 valence electrons. The molecule has 0 bridgehead atoms. The fourth-order valence-corrected chi connectivity index (χ4v) is 5.61. The number of aromatic nitrogens is 2. The first kappa shape index (κ1) is 29.5. The highest BCUT2D eigenvalue weighted by molar-refractivity contribution is 7.90. The number of hydrogen-bond donors (Lipinski definition) is 2. The van der Waals surface area contributed by atoms with E-state index in [0.717, 1.165) is 22.9 Å². The van der Waals surface area contributed by atoms with Crippen molar-refractivity contribution >= 4 is 43.8 Å². The van der Waals surface area contributed by atoms with Crippen LogP contribution in [0.15, 0.2) is 83.5 Å². The molecule has 0 saturated carbocycles. The molecule has 3 aromatic carbocycles. The van der Waals surface area contributed by atoms with E-state index in [1.165, 1.54) is 24.7 Å². The topological polar surface area (TPSA) is 106 Å². The maximum absolute atomic E-state index is 13.5. The minimum Gasteiger partial charge on any atom is -0.487 e. The lowest BCUT2D eigenvalue weighted by atomic mass is 10.1. The number of hydrogen-bond acceptors (Lipinski definition) is 8. The molecule has 0 amide bonds. The predicted molar refractivity (Wildman–Crippen MR) is 163 cm³/mol. The Hall–Kier alpha value is -3.99. The number of nitrogens with zero attached hydrogens (tertiary/aromatic N) is 2. The molecule has 8 nitrogen and oxygen atoms in total. The van der Waals surface area contributed by atoms with Gasteiger partial charge < -0.3 is 19.8 Å². The van der Waals surface area contributed by atoms with Crippen LogP contribution in [-0.2, 0) is 16.4 Å². The molecule has 0 fully saturated rings. The van der Waals surface area contributed by atoms with Crippen LogP contribution in [0.2, 0.25) is 5.02 Å². The van der Waals surface area contributed by atoms with E-state index in [4.69, 9.17) is 20.8 Å². The van der Waals surface area contributed by atoms with Crippen molar-refractivity contribution < 1.29 is 22.0 Å². The van der Waals surface area contributed by atoms with Crippen LogP contribution in [0.3, 0.4) is 0 Å². The molecule has 0 saturated heterocycles. The van der Waals surface area contributed by atoms with Crippen LogP contribution >= 0.6 is 11.6 Å². The predicted octanol–water partition coefficient (Wildman–Crippen LogP) is 7.09. The van der Waals surface area contributed by atoms with Gasteiger partial charge in [0.05, 0.1) is 22.3 Å². The summed E-state index contributed by atoms with van der Waals surface area (Å²) in [7, 11) is -3.22. The third-order valence-corrected chi connectivity index (χ3v) is 7.71. The van der Waals surface area contributed by atoms with Crippen LogP contribution in [0.1, 0.15) is 30.7 Å². The van der Waals surface area contributed by atoms with Gasteiger partial charge in [-0.1, -0.05) is 30.7 Å². The van der Waals surface area contributed by atoms with Crippen molar-refractivity contribution in [3.63, 3.8) is 0 Å². The summed E-state index contributed by atoms with van der Waals surface area (Å²) in [4.78, 5) is 8.83. The average Bonchev–Trinajstić information content (AvgIpc) is 3.45. The van der Waals surface area contributed by atoms with Gasteiger partial charge in [0.15, 0.2) is 0 Å². The summed E-state index contributed by atoms with van der Waals surface area (Å²) in [6.07, 6.45) is 3.56. The molecule has 11 heteroatoms. The van der Waals surface area contributed by atoms with E-state index in [1.807, 2.05) is 37.3 Å². The van der Waals surface area contributed by atoms with Crippen molar-refractivity contribution in [2.45, 2.75) is 26.0 Å². The maximum atomic E-state index is 13.5. The van der Waals surface area contributed by atoms with Crippen LogP contribution < -0.4 is 15.4 Å². The second kappa shape index (κ2) is 12.9. The van der Waals surface area contributed by atoms with Gasteiger partial charge in [0, 0.05) is 22.9 Å². The van der Waals surface area contributed by atoms with Gasteiger partial charge in [0.1, 0.15) is 51.7 Å². The van der Waals surface area contributed by atoms with Crippen molar-refractivity contribution in [1.29, 1.82) is 0 Å². The fraction of sp³-hybridized carbons (Fsp3) is 0.226. The number of anilines is 2. The largest absolute Gasteiger partial charge is 0.487 e. The van der Waals surface area contributed by atoms with Crippen molar-refractivity contribution in [2.75, 3.05) is 23.9 Å². The van der Waals surface area contributed by atoms with Crippen LogP contribution in [-0.4, -0.2) is 36.9 Å². The first-order valence-corrected chi connectivity index (χ1v) is 15.8. The summed E-state index contributed by atoms with van der Waals surface area (Å²) in [5.41, 5.74) is 2.90. The number of benzene rings is 3. The third-order valence-electron chi connectivity index (χ3n) is 6.48. The van der Waals surface area contributed by atoms with E-state index in [9.17, 15) is 12.8 Å². The van der Waals surface area contributed by atoms with E-state index in [0.29, 0.717) is 45.9 Å². The van der Waals surface area contributed by atoms with E-state index in [1.54, 1.807) is 30.3 Å². The highest BCUT2D eigenvalue weighted by Gasteiger charge is 2.21. The molecule has 0 unspecified atom stereocenters. The molecule has 0 aliphatic carbocycles. The Morgan fingerprint density at radius 3 is 2.67 bits per heavy atom. The van der Waals surface area contributed by atoms with Gasteiger partial charge in [-0.25, -0.2) is 22.8 Å². The molecular weight excluding hydrogens is 579 g/mol. The lowest BCUT2D eigenvalue weighted by Crippen LogP contribution is -2.28. The molecule has 5 rings (SSSR count). The minimum absolute atomic E-state index is 0.0588. The molecule has 0 radical (unpaired) electrons. The van der Waals surface area contributed by atoms with Crippen LogP contribution in [0.25, 0.3) is 22.2 Å². The number of nitrogens with one attached hydrogen (secondary N) is 2. The van der Waals surface area contributed by atoms with Crippen LogP contribution in [0.4, 0.5) is 15.9 Å². The van der Waals surface area contributed by atoms with Crippen molar-refractivity contribution in [2.24, 2.45) is 0 Å². The molecular formula is C31H30ClFN4O4S. The van der Waals surface area contributed by atoms with Gasteiger partial charge in [-0.05, 0) is 79.2 Å². The number of ether oxygens (including phenoxy) is 1. The molecule has 0 aliphatic heterocycles. The molecule has 2 aromatic heterocycles. The van der Waals surface area contributed by atoms with Gasteiger partial charge in [-0.15, -0.1) is 0 Å². The second-order valence-corrected chi connectivity index (χ2v) is 12.5. The summed E-state index contributed by atoms with van der Waals surface area (Å²) in [6.45, 7) is 2.87. The number of rotatable bonds is 12. The number of furan rings is 1. The molecule has 1 atom stereocenters. The first-order valence-electron chi connectivity index (χ1n) is 13.4. The Kier molecular flexibility index (Phi) is 9.06. The van der Waals surface area contributed by atoms with Gasteiger partial charge in [-0.3, -0.25) is 0 Å². The second-order valence-electron chi connectivity index (χ2n) is 9.94. The molecule has 5 aromatic rings. The van der Waals surface area contributed by atoms with Crippen molar-refractivity contribution in [1.82, 2.24) is 15.3 Å². The zero-order valence-electron chi connectivity index (χ0n) is 23.1. The van der Waals surface area contributed by atoms with Crippen molar-refractivity contribution in [3.05, 3.63) is 101 Å². The smallest absolute Gasteiger partial charge is 0.149 e. The molecule has 0 aliphatic rings. The van der Waals surface area contributed by atoms with Gasteiger partial charge in [0.2, 0.25) is 0 Å². The molecule has 42 heavy (non-hydrogen) atoms. The summed E-state index contributed by atoms with van der Waals surface area (Å²) in [5.74, 6) is 1.81. The average molecular weight is 609 g/mol. The zero-order chi connectivity index (χ0) is 29.7. The molecule has 2 heterocycles. The Balaban J connectivity index is 1.36. The lowest BCUT2D eigenvalue weighted by molar-refractivity contribution is 0.306. The number of sulfone groups is 1. The zero-order valence-corrected chi connectivity index (χ0v) is 24.7. The number of fused-ring (bicyclic) bond motifs is 1. The Morgan fingerprint density at radius 1 is 1.05 bits per heavy atom.